The molecule has 0 bridgehead atoms. The van der Waals surface area contributed by atoms with E-state index >= 15 is 0 Å². The van der Waals surface area contributed by atoms with Crippen molar-refractivity contribution in [1.29, 1.82) is 0 Å². The second kappa shape index (κ2) is 4.98. The van der Waals surface area contributed by atoms with Gasteiger partial charge in [-0.25, -0.2) is 9.97 Å². The molecule has 0 saturated heterocycles. The molecule has 2 rings (SSSR count). The third-order valence-corrected chi connectivity index (χ3v) is 3.30. The predicted molar refractivity (Wildman–Crippen MR) is 73.0 cm³/mol. The Morgan fingerprint density at radius 2 is 2.18 bits per heavy atom. The Hall–Kier alpha value is -1.20. The third-order valence-electron chi connectivity index (χ3n) is 2.49. The fraction of sp³-hybridized carbons (Fsp3) is 0.500. The van der Waals surface area contributed by atoms with Gasteiger partial charge in [0.2, 0.25) is 0 Å². The van der Waals surface area contributed by atoms with Crippen LogP contribution in [0.2, 0.25) is 0 Å². The zero-order valence-corrected chi connectivity index (χ0v) is 11.3. The van der Waals surface area contributed by atoms with E-state index < -0.39 is 0 Å². The first-order valence-corrected chi connectivity index (χ1v) is 6.62. The SMILES string of the molecule is CC(C)CN(C)Cc1nc(N)c2ccsc2n1. The van der Waals surface area contributed by atoms with Crippen LogP contribution >= 0.6 is 11.3 Å². The molecule has 0 saturated carbocycles. The number of rotatable bonds is 4. The molecular weight excluding hydrogens is 232 g/mol. The average molecular weight is 250 g/mol. The Balaban J connectivity index is 2.18. The molecule has 5 heteroatoms. The number of anilines is 1. The highest BCUT2D eigenvalue weighted by molar-refractivity contribution is 7.16. The molecular formula is C12H18N4S. The van der Waals surface area contributed by atoms with E-state index in [1.54, 1.807) is 11.3 Å². The van der Waals surface area contributed by atoms with Crippen LogP contribution in [0, 0.1) is 5.92 Å². The third kappa shape index (κ3) is 2.92. The van der Waals surface area contributed by atoms with Crippen LogP contribution in [0.25, 0.3) is 10.2 Å². The molecule has 4 nitrogen and oxygen atoms in total. The van der Waals surface area contributed by atoms with Gasteiger partial charge in [-0.2, -0.15) is 0 Å². The quantitative estimate of drug-likeness (QED) is 0.905. The molecule has 0 atom stereocenters. The van der Waals surface area contributed by atoms with Gasteiger partial charge in [-0.3, -0.25) is 4.90 Å². The van der Waals surface area contributed by atoms with Gasteiger partial charge < -0.3 is 5.73 Å². The molecule has 2 heterocycles. The summed E-state index contributed by atoms with van der Waals surface area (Å²) in [4.78, 5) is 12.1. The number of nitrogen functional groups attached to an aromatic ring is 1. The molecule has 0 aliphatic carbocycles. The molecule has 0 aliphatic rings. The van der Waals surface area contributed by atoms with Crippen LogP contribution < -0.4 is 5.73 Å². The molecule has 2 aromatic heterocycles. The van der Waals surface area contributed by atoms with E-state index in [9.17, 15) is 0 Å². The topological polar surface area (TPSA) is 55.0 Å². The molecule has 0 radical (unpaired) electrons. The predicted octanol–water partition coefficient (Wildman–Crippen LogP) is 2.36. The van der Waals surface area contributed by atoms with Gasteiger partial charge in [-0.05, 0) is 24.4 Å². The highest BCUT2D eigenvalue weighted by Crippen LogP contribution is 2.23. The largest absolute Gasteiger partial charge is 0.383 e. The van der Waals surface area contributed by atoms with E-state index in [2.05, 4.69) is 35.8 Å². The van der Waals surface area contributed by atoms with Crippen molar-refractivity contribution in [3.05, 3.63) is 17.3 Å². The van der Waals surface area contributed by atoms with Crippen molar-refractivity contribution in [3.63, 3.8) is 0 Å². The number of fused-ring (bicyclic) bond motifs is 1. The van der Waals surface area contributed by atoms with Crippen molar-refractivity contribution >= 4 is 27.4 Å². The highest BCUT2D eigenvalue weighted by Gasteiger charge is 2.09. The second-order valence-electron chi connectivity index (χ2n) is 4.76. The number of hydrogen-bond donors (Lipinski definition) is 1. The first-order chi connectivity index (χ1) is 8.06. The van der Waals surface area contributed by atoms with Crippen molar-refractivity contribution < 1.29 is 0 Å². The van der Waals surface area contributed by atoms with Crippen LogP contribution in [0.5, 0.6) is 0 Å². The minimum Gasteiger partial charge on any atom is -0.383 e. The number of nitrogens with two attached hydrogens (primary N) is 1. The molecule has 0 spiro atoms. The lowest BCUT2D eigenvalue weighted by Crippen LogP contribution is -2.24. The Kier molecular flexibility index (Phi) is 3.59. The van der Waals surface area contributed by atoms with Crippen LogP contribution in [0.15, 0.2) is 11.4 Å². The number of aromatic nitrogens is 2. The summed E-state index contributed by atoms with van der Waals surface area (Å²) in [6, 6.07) is 1.97. The fourth-order valence-corrected chi connectivity index (χ4v) is 2.71. The van der Waals surface area contributed by atoms with Gasteiger partial charge in [0.05, 0.1) is 11.9 Å². The van der Waals surface area contributed by atoms with Crippen LogP contribution in [-0.4, -0.2) is 28.5 Å². The molecule has 2 aromatic rings. The van der Waals surface area contributed by atoms with Gasteiger partial charge in [-0.15, -0.1) is 11.3 Å². The zero-order chi connectivity index (χ0) is 12.4. The Morgan fingerprint density at radius 1 is 1.41 bits per heavy atom. The lowest BCUT2D eigenvalue weighted by Gasteiger charge is -2.17. The van der Waals surface area contributed by atoms with Crippen LogP contribution in [-0.2, 0) is 6.54 Å². The van der Waals surface area contributed by atoms with E-state index in [1.165, 1.54) is 0 Å². The van der Waals surface area contributed by atoms with Crippen LogP contribution in [0.1, 0.15) is 19.7 Å². The van der Waals surface area contributed by atoms with Gasteiger partial charge in [0.15, 0.2) is 0 Å². The van der Waals surface area contributed by atoms with Gasteiger partial charge >= 0.3 is 0 Å². The summed E-state index contributed by atoms with van der Waals surface area (Å²) in [5, 5.41) is 2.96. The first-order valence-electron chi connectivity index (χ1n) is 5.74. The first kappa shape index (κ1) is 12.3. The van der Waals surface area contributed by atoms with E-state index in [0.717, 1.165) is 29.1 Å². The lowest BCUT2D eigenvalue weighted by atomic mass is 10.2. The normalized spacial score (nSPS) is 11.8. The van der Waals surface area contributed by atoms with E-state index in [-0.39, 0.29) is 0 Å². The van der Waals surface area contributed by atoms with Crippen molar-refractivity contribution in [1.82, 2.24) is 14.9 Å². The summed E-state index contributed by atoms with van der Waals surface area (Å²) in [7, 11) is 2.08. The summed E-state index contributed by atoms with van der Waals surface area (Å²) in [5.74, 6) is 2.03. The minimum absolute atomic E-state index is 0.587. The van der Waals surface area contributed by atoms with E-state index in [0.29, 0.717) is 11.7 Å². The standard InChI is InChI=1S/C12H18N4S/c1-8(2)6-16(3)7-10-14-11(13)9-4-5-17-12(9)15-10/h4-5,8H,6-7H2,1-3H3,(H2,13,14,15). The van der Waals surface area contributed by atoms with Gasteiger partial charge in [0.25, 0.3) is 0 Å². The summed E-state index contributed by atoms with van der Waals surface area (Å²) < 4.78 is 0. The Labute approximate surface area is 105 Å². The fourth-order valence-electron chi connectivity index (χ4n) is 1.92. The van der Waals surface area contributed by atoms with Crippen molar-refractivity contribution in [2.75, 3.05) is 19.3 Å². The number of hydrogen-bond acceptors (Lipinski definition) is 5. The van der Waals surface area contributed by atoms with Crippen molar-refractivity contribution in [2.45, 2.75) is 20.4 Å². The Bertz CT molecular complexity index is 506. The Morgan fingerprint density at radius 3 is 2.88 bits per heavy atom. The van der Waals surface area contributed by atoms with Crippen molar-refractivity contribution in [2.24, 2.45) is 5.92 Å². The van der Waals surface area contributed by atoms with Gasteiger partial charge in [-0.1, -0.05) is 13.8 Å². The summed E-state index contributed by atoms with van der Waals surface area (Å²) >= 11 is 1.61. The summed E-state index contributed by atoms with van der Waals surface area (Å²) in [6.07, 6.45) is 0. The molecule has 17 heavy (non-hydrogen) atoms. The molecule has 0 amide bonds. The number of thiophene rings is 1. The molecule has 92 valence electrons. The lowest BCUT2D eigenvalue weighted by molar-refractivity contribution is 0.282. The monoisotopic (exact) mass is 250 g/mol. The maximum Gasteiger partial charge on any atom is 0.146 e. The summed E-state index contributed by atoms with van der Waals surface area (Å²) in [5.41, 5.74) is 5.92. The summed E-state index contributed by atoms with van der Waals surface area (Å²) in [6.45, 7) is 6.18. The van der Waals surface area contributed by atoms with E-state index in [4.69, 9.17) is 5.73 Å². The highest BCUT2D eigenvalue weighted by atomic mass is 32.1. The molecule has 0 fully saturated rings. The molecule has 0 unspecified atom stereocenters. The maximum atomic E-state index is 5.92. The molecule has 0 aliphatic heterocycles. The smallest absolute Gasteiger partial charge is 0.146 e. The molecule has 2 N–H and O–H groups in total. The zero-order valence-electron chi connectivity index (χ0n) is 10.5. The minimum atomic E-state index is 0.587. The second-order valence-corrected chi connectivity index (χ2v) is 5.65. The van der Waals surface area contributed by atoms with Gasteiger partial charge in [0.1, 0.15) is 16.5 Å². The van der Waals surface area contributed by atoms with Crippen LogP contribution in [0.3, 0.4) is 0 Å². The van der Waals surface area contributed by atoms with Crippen LogP contribution in [0.4, 0.5) is 5.82 Å². The maximum absolute atomic E-state index is 5.92. The van der Waals surface area contributed by atoms with Crippen molar-refractivity contribution in [3.8, 4) is 0 Å². The average Bonchev–Trinajstić information content (AvgIpc) is 2.64. The molecule has 0 aromatic carbocycles. The van der Waals surface area contributed by atoms with E-state index in [1.807, 2.05) is 11.4 Å². The van der Waals surface area contributed by atoms with Gasteiger partial charge in [0, 0.05) is 6.54 Å². The number of nitrogens with zero attached hydrogens (tertiary/aromatic N) is 3.